The van der Waals surface area contributed by atoms with E-state index in [1.807, 2.05) is 71.7 Å². The third-order valence-electron chi connectivity index (χ3n) is 6.56. The maximum Gasteiger partial charge on any atom is 0.416 e. The van der Waals surface area contributed by atoms with Gasteiger partial charge in [-0.25, -0.2) is 14.6 Å². The maximum atomic E-state index is 13.3. The number of likely N-dealkylation sites (N-methyl/N-ethyl adjacent to an activating group) is 1. The summed E-state index contributed by atoms with van der Waals surface area (Å²) in [6.45, 7) is 11.7. The first-order valence-electron chi connectivity index (χ1n) is 14.7. The highest BCUT2D eigenvalue weighted by Gasteiger charge is 2.38. The first-order chi connectivity index (χ1) is 21.0. The summed E-state index contributed by atoms with van der Waals surface area (Å²) in [4.78, 5) is 33.6. The van der Waals surface area contributed by atoms with Crippen molar-refractivity contribution in [1.29, 1.82) is 5.26 Å². The second kappa shape index (κ2) is 13.3. The van der Waals surface area contributed by atoms with Crippen molar-refractivity contribution in [3.63, 3.8) is 0 Å². The zero-order valence-electron chi connectivity index (χ0n) is 27.1. The van der Waals surface area contributed by atoms with Gasteiger partial charge in [-0.1, -0.05) is 0 Å². The molecule has 0 saturated heterocycles. The van der Waals surface area contributed by atoms with Crippen LogP contribution in [0.4, 0.5) is 32.6 Å². The van der Waals surface area contributed by atoms with Gasteiger partial charge in [0.25, 0.3) is 0 Å². The summed E-state index contributed by atoms with van der Waals surface area (Å²) in [7, 11) is 0.770. The molecule has 242 valence electrons. The molecule has 0 bridgehead atoms. The van der Waals surface area contributed by atoms with Crippen LogP contribution < -0.4 is 20.4 Å². The summed E-state index contributed by atoms with van der Waals surface area (Å²) in [5.74, 6) is 1.14. The zero-order valence-corrected chi connectivity index (χ0v) is 27.9. The van der Waals surface area contributed by atoms with Crippen molar-refractivity contribution in [2.24, 2.45) is 0 Å². The van der Waals surface area contributed by atoms with Crippen LogP contribution in [0, 0.1) is 11.3 Å². The number of amides is 2. The Morgan fingerprint density at radius 3 is 2.42 bits per heavy atom. The lowest BCUT2D eigenvalue weighted by atomic mass is 10.1. The molecule has 14 heteroatoms. The Morgan fingerprint density at radius 2 is 1.82 bits per heavy atom. The van der Waals surface area contributed by atoms with Crippen LogP contribution in [-0.4, -0.2) is 74.6 Å². The average Bonchev–Trinajstić information content (AvgIpc) is 3.64. The van der Waals surface area contributed by atoms with Gasteiger partial charge in [0.2, 0.25) is 0 Å². The standard InChI is InChI=1S/C31H42N8O5S/c1-30(2,3)43-28(40)33-13-14-37(7)24-12-9-22(15-20(24)19-45(8)42)35-25-16-26(39-27(36-25)21(17-32)18-34-39)38(23-10-11-23)29(41)44-31(4,5)6/h9,12,15-16,18,23H,10-11,13-14,19H2,1-8H3,(H,33,40)(H,35,36). The number of nitriles is 1. The van der Waals surface area contributed by atoms with Gasteiger partial charge in [-0.15, -0.1) is 0 Å². The van der Waals surface area contributed by atoms with E-state index in [-0.39, 0.29) is 11.6 Å². The van der Waals surface area contributed by atoms with Crippen molar-refractivity contribution in [3.05, 3.63) is 41.6 Å². The molecule has 45 heavy (non-hydrogen) atoms. The van der Waals surface area contributed by atoms with Crippen molar-refractivity contribution >= 4 is 51.6 Å². The predicted octanol–water partition coefficient (Wildman–Crippen LogP) is 5.09. The lowest BCUT2D eigenvalue weighted by Crippen LogP contribution is -2.39. The monoisotopic (exact) mass is 638 g/mol. The molecule has 1 unspecified atom stereocenters. The van der Waals surface area contributed by atoms with E-state index in [4.69, 9.17) is 9.47 Å². The third kappa shape index (κ3) is 9.07. The molecule has 3 aromatic rings. The van der Waals surface area contributed by atoms with Gasteiger partial charge < -0.3 is 25.0 Å². The fourth-order valence-corrected chi connectivity index (χ4v) is 5.28. The molecule has 2 aromatic heterocycles. The van der Waals surface area contributed by atoms with Gasteiger partial charge in [-0.3, -0.25) is 9.11 Å². The number of ether oxygens (including phenoxy) is 2. The number of nitrogens with one attached hydrogen (secondary N) is 2. The number of hydrogen-bond donors (Lipinski definition) is 2. The van der Waals surface area contributed by atoms with Gasteiger partial charge in [0.05, 0.1) is 11.9 Å². The van der Waals surface area contributed by atoms with Crippen molar-refractivity contribution in [3.8, 4) is 6.07 Å². The Hall–Kier alpha value is -4.38. The molecule has 13 nitrogen and oxygen atoms in total. The quantitative estimate of drug-likeness (QED) is 0.307. The topological polar surface area (TPSA) is 154 Å². The molecule has 1 atom stereocenters. The molecule has 1 fully saturated rings. The summed E-state index contributed by atoms with van der Waals surface area (Å²) in [5.41, 5.74) is 1.65. The number of carbonyl (C=O) groups excluding carboxylic acids is 2. The highest BCUT2D eigenvalue weighted by molar-refractivity contribution is 7.83. The second-order valence-corrected chi connectivity index (χ2v) is 14.5. The minimum absolute atomic E-state index is 0.0567. The number of rotatable bonds is 10. The van der Waals surface area contributed by atoms with E-state index in [0.29, 0.717) is 41.8 Å². The van der Waals surface area contributed by atoms with Crippen molar-refractivity contribution < 1.29 is 23.3 Å². The second-order valence-electron chi connectivity index (χ2n) is 13.0. The molecule has 2 N–H and O–H groups in total. The van der Waals surface area contributed by atoms with Crippen LogP contribution in [0.2, 0.25) is 0 Å². The Balaban J connectivity index is 1.63. The minimum Gasteiger partial charge on any atom is -0.444 e. The highest BCUT2D eigenvalue weighted by Crippen LogP contribution is 2.35. The molecule has 2 amide bonds. The minimum atomic E-state index is -1.13. The molecule has 1 aromatic carbocycles. The van der Waals surface area contributed by atoms with Gasteiger partial charge in [-0.05, 0) is 78.1 Å². The van der Waals surface area contributed by atoms with E-state index in [2.05, 4.69) is 26.8 Å². The van der Waals surface area contributed by atoms with Crippen molar-refractivity contribution in [2.45, 2.75) is 77.4 Å². The molecular formula is C31H42N8O5S. The Kier molecular flexibility index (Phi) is 9.92. The fourth-order valence-electron chi connectivity index (χ4n) is 4.61. The summed E-state index contributed by atoms with van der Waals surface area (Å²) in [5, 5.41) is 20.2. The molecule has 0 radical (unpaired) electrons. The molecule has 1 aliphatic rings. The van der Waals surface area contributed by atoms with Gasteiger partial charge in [-0.2, -0.15) is 14.9 Å². The number of nitrogens with zero attached hydrogens (tertiary/aromatic N) is 6. The zero-order chi connectivity index (χ0) is 33.1. The Labute approximate surface area is 266 Å². The van der Waals surface area contributed by atoms with Gasteiger partial charge in [0.15, 0.2) is 5.65 Å². The van der Waals surface area contributed by atoms with Crippen LogP contribution in [0.3, 0.4) is 0 Å². The first kappa shape index (κ1) is 33.5. The lowest BCUT2D eigenvalue weighted by molar-refractivity contribution is 0.0526. The van der Waals surface area contributed by atoms with Crippen molar-refractivity contribution in [2.75, 3.05) is 41.5 Å². The number of carbonyl (C=O) groups is 2. The molecule has 0 spiro atoms. The number of aromatic nitrogens is 3. The fraction of sp³-hybridized carbons (Fsp3) is 0.516. The van der Waals surface area contributed by atoms with E-state index < -0.39 is 34.2 Å². The van der Waals surface area contributed by atoms with Gasteiger partial charge in [0, 0.05) is 60.7 Å². The van der Waals surface area contributed by atoms with Crippen LogP contribution in [0.5, 0.6) is 0 Å². The molecule has 0 aliphatic heterocycles. The molecule has 1 aliphatic carbocycles. The average molecular weight is 639 g/mol. The molecular weight excluding hydrogens is 596 g/mol. The highest BCUT2D eigenvalue weighted by atomic mass is 32.2. The smallest absolute Gasteiger partial charge is 0.416 e. The maximum absolute atomic E-state index is 13.3. The van der Waals surface area contributed by atoms with Crippen molar-refractivity contribution in [1.82, 2.24) is 19.9 Å². The van der Waals surface area contributed by atoms with Crippen LogP contribution >= 0.6 is 0 Å². The largest absolute Gasteiger partial charge is 0.444 e. The lowest BCUT2D eigenvalue weighted by Gasteiger charge is -2.28. The normalized spacial score (nSPS) is 13.9. The number of alkyl carbamates (subject to hydrolysis) is 1. The SMILES string of the molecule is CN(CCNC(=O)OC(C)(C)C)c1ccc(Nc2cc(N(C(=O)OC(C)(C)C)C3CC3)n3ncc(C#N)c3n2)cc1CS(C)=O. The van der Waals surface area contributed by atoms with Gasteiger partial charge in [0.1, 0.15) is 34.5 Å². The number of anilines is 4. The Morgan fingerprint density at radius 1 is 1.13 bits per heavy atom. The molecule has 1 saturated carbocycles. The van der Waals surface area contributed by atoms with E-state index in [9.17, 15) is 19.1 Å². The number of fused-ring (bicyclic) bond motifs is 1. The predicted molar refractivity (Wildman–Crippen MR) is 174 cm³/mol. The van der Waals surface area contributed by atoms with Crippen LogP contribution in [0.25, 0.3) is 5.65 Å². The summed E-state index contributed by atoms with van der Waals surface area (Å²) < 4.78 is 24.8. The summed E-state index contributed by atoms with van der Waals surface area (Å²) in [6.07, 6.45) is 3.71. The first-order valence-corrected chi connectivity index (χ1v) is 16.5. The summed E-state index contributed by atoms with van der Waals surface area (Å²) in [6, 6.07) is 9.46. The van der Waals surface area contributed by atoms with Crippen LogP contribution in [-0.2, 0) is 26.0 Å². The van der Waals surface area contributed by atoms with Gasteiger partial charge >= 0.3 is 12.2 Å². The summed E-state index contributed by atoms with van der Waals surface area (Å²) >= 11 is 0. The molecule has 2 heterocycles. The van der Waals surface area contributed by atoms with E-state index in [1.54, 1.807) is 17.2 Å². The van der Waals surface area contributed by atoms with Crippen LogP contribution in [0.15, 0.2) is 30.5 Å². The third-order valence-corrected chi connectivity index (χ3v) is 7.28. The molecule has 4 rings (SSSR count). The number of hydrogen-bond acceptors (Lipinski definition) is 10. The Bertz CT molecular complexity index is 1630. The van der Waals surface area contributed by atoms with E-state index in [1.165, 1.54) is 10.7 Å². The number of benzene rings is 1. The van der Waals surface area contributed by atoms with E-state index >= 15 is 0 Å². The van der Waals surface area contributed by atoms with Crippen LogP contribution in [0.1, 0.15) is 65.5 Å². The van der Waals surface area contributed by atoms with E-state index in [0.717, 1.165) is 24.1 Å².